The topological polar surface area (TPSA) is 102 Å². The fourth-order valence-corrected chi connectivity index (χ4v) is 2.54. The van der Waals surface area contributed by atoms with E-state index < -0.39 is 11.0 Å². The maximum absolute atomic E-state index is 12.3. The van der Waals surface area contributed by atoms with Crippen LogP contribution in [0.2, 0.25) is 0 Å². The Balaban J connectivity index is 2.05. The Labute approximate surface area is 139 Å². The lowest BCUT2D eigenvalue weighted by Crippen LogP contribution is -2.45. The molecule has 24 heavy (non-hydrogen) atoms. The van der Waals surface area contributed by atoms with Gasteiger partial charge < -0.3 is 10.1 Å². The second kappa shape index (κ2) is 7.39. The molecule has 0 aromatic heterocycles. The Morgan fingerprint density at radius 1 is 1.46 bits per heavy atom. The number of carbonyl (C=O) groups is 2. The van der Waals surface area contributed by atoms with Gasteiger partial charge in [0.05, 0.1) is 18.6 Å². The smallest absolute Gasteiger partial charge is 0.322 e. The van der Waals surface area contributed by atoms with E-state index >= 15 is 0 Å². The van der Waals surface area contributed by atoms with E-state index in [1.807, 2.05) is 0 Å². The van der Waals surface area contributed by atoms with Crippen LogP contribution in [0.25, 0.3) is 0 Å². The Morgan fingerprint density at radius 2 is 2.12 bits per heavy atom. The number of nitro groups is 1. The highest BCUT2D eigenvalue weighted by molar-refractivity contribution is 5.93. The van der Waals surface area contributed by atoms with Gasteiger partial charge in [-0.1, -0.05) is 6.07 Å². The van der Waals surface area contributed by atoms with Crippen molar-refractivity contribution in [3.8, 4) is 0 Å². The summed E-state index contributed by atoms with van der Waals surface area (Å²) in [6, 6.07) is 4.21. The predicted octanol–water partition coefficient (Wildman–Crippen LogP) is 1.87. The van der Waals surface area contributed by atoms with Crippen LogP contribution < -0.4 is 5.32 Å². The average Bonchev–Trinajstić information content (AvgIpc) is 3.37. The van der Waals surface area contributed by atoms with Crippen LogP contribution in [0.5, 0.6) is 0 Å². The highest BCUT2D eigenvalue weighted by atomic mass is 16.6. The van der Waals surface area contributed by atoms with Crippen LogP contribution in [-0.2, 0) is 14.3 Å². The molecule has 0 bridgehead atoms. The molecule has 1 aliphatic carbocycles. The third-order valence-corrected chi connectivity index (χ3v) is 4.07. The summed E-state index contributed by atoms with van der Waals surface area (Å²) < 4.78 is 4.74. The SMILES string of the molecule is COC(=O)[C@H](C)N(CC(=O)Nc1ccc(C)c([N+](=O)[O-])c1)C1CC1. The zero-order chi connectivity index (χ0) is 17.9. The first kappa shape index (κ1) is 17.9. The summed E-state index contributed by atoms with van der Waals surface area (Å²) in [6.07, 6.45) is 1.87. The van der Waals surface area contributed by atoms with Crippen molar-refractivity contribution in [2.24, 2.45) is 0 Å². The first-order valence-electron chi connectivity index (χ1n) is 7.72. The summed E-state index contributed by atoms with van der Waals surface area (Å²) in [6.45, 7) is 3.37. The van der Waals surface area contributed by atoms with Crippen molar-refractivity contribution >= 4 is 23.3 Å². The molecule has 1 aromatic carbocycles. The van der Waals surface area contributed by atoms with Crippen LogP contribution in [0.15, 0.2) is 18.2 Å². The van der Waals surface area contributed by atoms with Crippen molar-refractivity contribution in [1.82, 2.24) is 4.90 Å². The first-order valence-corrected chi connectivity index (χ1v) is 7.72. The van der Waals surface area contributed by atoms with Crippen LogP contribution in [0.4, 0.5) is 11.4 Å². The zero-order valence-corrected chi connectivity index (χ0v) is 13.9. The van der Waals surface area contributed by atoms with Crippen molar-refractivity contribution in [2.75, 3.05) is 19.0 Å². The summed E-state index contributed by atoms with van der Waals surface area (Å²) >= 11 is 0. The van der Waals surface area contributed by atoms with Crippen LogP contribution in [0.1, 0.15) is 25.3 Å². The number of nitrogens with one attached hydrogen (secondary N) is 1. The van der Waals surface area contributed by atoms with Gasteiger partial charge in [-0.3, -0.25) is 24.6 Å². The minimum Gasteiger partial charge on any atom is -0.468 e. The van der Waals surface area contributed by atoms with Gasteiger partial charge in [0.1, 0.15) is 6.04 Å². The number of aryl methyl sites for hydroxylation is 1. The van der Waals surface area contributed by atoms with E-state index in [1.165, 1.54) is 13.2 Å². The monoisotopic (exact) mass is 335 g/mol. The Kier molecular flexibility index (Phi) is 5.50. The lowest BCUT2D eigenvalue weighted by Gasteiger charge is -2.26. The number of methoxy groups -OCH3 is 1. The Bertz CT molecular complexity index is 657. The summed E-state index contributed by atoms with van der Waals surface area (Å²) in [5.74, 6) is -0.712. The van der Waals surface area contributed by atoms with Gasteiger partial charge in [0.2, 0.25) is 5.91 Å². The number of benzene rings is 1. The number of amides is 1. The lowest BCUT2D eigenvalue weighted by atomic mass is 10.2. The van der Waals surface area contributed by atoms with Crippen LogP contribution >= 0.6 is 0 Å². The highest BCUT2D eigenvalue weighted by Crippen LogP contribution is 2.29. The summed E-state index contributed by atoms with van der Waals surface area (Å²) in [5, 5.41) is 13.6. The fourth-order valence-electron chi connectivity index (χ4n) is 2.54. The van der Waals surface area contributed by atoms with E-state index in [1.54, 1.807) is 30.9 Å². The predicted molar refractivity (Wildman–Crippen MR) is 87.7 cm³/mol. The molecular formula is C16H21N3O5. The Morgan fingerprint density at radius 3 is 2.67 bits per heavy atom. The minimum absolute atomic E-state index is 0.0304. The number of rotatable bonds is 7. The maximum atomic E-state index is 12.3. The van der Waals surface area contributed by atoms with Crippen LogP contribution in [0, 0.1) is 17.0 Å². The van der Waals surface area contributed by atoms with Gasteiger partial charge >= 0.3 is 5.97 Å². The number of nitrogens with zero attached hydrogens (tertiary/aromatic N) is 2. The largest absolute Gasteiger partial charge is 0.468 e. The van der Waals surface area contributed by atoms with E-state index in [-0.39, 0.29) is 30.2 Å². The number of anilines is 1. The number of carbonyl (C=O) groups excluding carboxylic acids is 2. The first-order chi connectivity index (χ1) is 11.3. The maximum Gasteiger partial charge on any atom is 0.322 e. The molecule has 0 heterocycles. The molecule has 1 aromatic rings. The van der Waals surface area contributed by atoms with Gasteiger partial charge in [0.25, 0.3) is 5.69 Å². The molecule has 0 aliphatic heterocycles. The molecule has 2 rings (SSSR count). The zero-order valence-electron chi connectivity index (χ0n) is 13.9. The second-order valence-electron chi connectivity index (χ2n) is 5.91. The molecular weight excluding hydrogens is 314 g/mol. The quantitative estimate of drug-likeness (QED) is 0.464. The van der Waals surface area contributed by atoms with E-state index in [0.29, 0.717) is 11.3 Å². The standard InChI is InChI=1S/C16H21N3O5/c1-10-4-5-12(8-14(10)19(22)23)17-15(20)9-18(13-6-7-13)11(2)16(21)24-3/h4-5,8,11,13H,6-7,9H2,1-3H3,(H,17,20)/t11-/m0/s1. The average molecular weight is 335 g/mol. The number of ether oxygens (including phenoxy) is 1. The van der Waals surface area contributed by atoms with Crippen molar-refractivity contribution < 1.29 is 19.2 Å². The fraction of sp³-hybridized carbons (Fsp3) is 0.500. The third-order valence-electron chi connectivity index (χ3n) is 4.07. The van der Waals surface area contributed by atoms with Gasteiger partial charge in [-0.25, -0.2) is 0 Å². The molecule has 0 spiro atoms. The number of nitro benzene ring substituents is 1. The van der Waals surface area contributed by atoms with E-state index in [2.05, 4.69) is 5.32 Å². The van der Waals surface area contributed by atoms with E-state index in [0.717, 1.165) is 12.8 Å². The van der Waals surface area contributed by atoms with Crippen molar-refractivity contribution in [3.05, 3.63) is 33.9 Å². The van der Waals surface area contributed by atoms with Gasteiger partial charge in [-0.05, 0) is 32.8 Å². The summed E-state index contributed by atoms with van der Waals surface area (Å²) in [4.78, 5) is 36.2. The van der Waals surface area contributed by atoms with Crippen LogP contribution in [-0.4, -0.2) is 47.4 Å². The molecule has 1 aliphatic rings. The number of hydrogen-bond donors (Lipinski definition) is 1. The molecule has 8 nitrogen and oxygen atoms in total. The minimum atomic E-state index is -0.513. The molecule has 1 atom stereocenters. The normalized spacial score (nSPS) is 15.0. The van der Waals surface area contributed by atoms with Gasteiger partial charge in [-0.2, -0.15) is 0 Å². The van der Waals surface area contributed by atoms with Gasteiger partial charge in [0, 0.05) is 23.4 Å². The molecule has 8 heteroatoms. The van der Waals surface area contributed by atoms with E-state index in [9.17, 15) is 19.7 Å². The lowest BCUT2D eigenvalue weighted by molar-refractivity contribution is -0.385. The summed E-state index contributed by atoms with van der Waals surface area (Å²) in [7, 11) is 1.31. The van der Waals surface area contributed by atoms with Crippen LogP contribution in [0.3, 0.4) is 0 Å². The Hall–Kier alpha value is -2.48. The highest BCUT2D eigenvalue weighted by Gasteiger charge is 2.36. The molecule has 0 unspecified atom stereocenters. The molecule has 1 saturated carbocycles. The molecule has 1 fully saturated rings. The third kappa shape index (κ3) is 4.29. The van der Waals surface area contributed by atoms with Crippen molar-refractivity contribution in [3.63, 3.8) is 0 Å². The van der Waals surface area contributed by atoms with Crippen molar-refractivity contribution in [2.45, 2.75) is 38.8 Å². The van der Waals surface area contributed by atoms with Gasteiger partial charge in [0.15, 0.2) is 0 Å². The molecule has 130 valence electrons. The molecule has 0 saturated heterocycles. The number of hydrogen-bond acceptors (Lipinski definition) is 6. The molecule has 0 radical (unpaired) electrons. The van der Waals surface area contributed by atoms with Crippen molar-refractivity contribution in [1.29, 1.82) is 0 Å². The molecule has 1 N–H and O–H groups in total. The van der Waals surface area contributed by atoms with E-state index in [4.69, 9.17) is 4.74 Å². The van der Waals surface area contributed by atoms with Gasteiger partial charge in [-0.15, -0.1) is 0 Å². The number of esters is 1. The summed E-state index contributed by atoms with van der Waals surface area (Å²) in [5.41, 5.74) is 0.838. The molecule has 1 amide bonds. The second-order valence-corrected chi connectivity index (χ2v) is 5.91.